The minimum Gasteiger partial charge on any atom is -0.504 e. The number of nitrogens with one attached hydrogen (secondary N) is 1. The first-order valence-electron chi connectivity index (χ1n) is 6.90. The van der Waals surface area contributed by atoms with Crippen LogP contribution in [0.3, 0.4) is 0 Å². The Labute approximate surface area is 141 Å². The minimum absolute atomic E-state index is 0.0799. The number of β-lactam (4-membered cyclic amide) rings is 1. The van der Waals surface area contributed by atoms with E-state index < -0.39 is 55.7 Å². The van der Waals surface area contributed by atoms with Crippen molar-refractivity contribution in [3.8, 4) is 11.5 Å². The van der Waals surface area contributed by atoms with Crippen molar-refractivity contribution in [3.05, 3.63) is 23.8 Å². The van der Waals surface area contributed by atoms with Gasteiger partial charge in [0.1, 0.15) is 12.6 Å². The van der Waals surface area contributed by atoms with E-state index >= 15 is 0 Å². The van der Waals surface area contributed by atoms with Gasteiger partial charge < -0.3 is 25.5 Å². The molecule has 0 bridgehead atoms. The first-order chi connectivity index (χ1) is 11.5. The molecule has 1 saturated heterocycles. The number of phenols is 2. The number of amides is 2. The lowest BCUT2D eigenvalue weighted by atomic mass is 10.0. The zero-order valence-corrected chi connectivity index (χ0v) is 13.7. The van der Waals surface area contributed by atoms with Gasteiger partial charge in [-0.05, 0) is 25.1 Å². The van der Waals surface area contributed by atoms with Crippen molar-refractivity contribution in [2.75, 3.05) is 6.61 Å². The highest BCUT2D eigenvalue weighted by molar-refractivity contribution is 7.51. The number of phenolic OH excluding ortho intramolecular Hbond substituents is 2. The summed E-state index contributed by atoms with van der Waals surface area (Å²) in [5.74, 6) is -2.71. The fourth-order valence-electron chi connectivity index (χ4n) is 2.26. The quantitative estimate of drug-likeness (QED) is 0.202. The summed E-state index contributed by atoms with van der Waals surface area (Å²) >= 11 is 0. The van der Waals surface area contributed by atoms with E-state index in [0.29, 0.717) is 4.67 Å². The van der Waals surface area contributed by atoms with Crippen molar-refractivity contribution in [1.82, 2.24) is 9.99 Å². The molecule has 0 saturated carbocycles. The average molecular weight is 374 g/mol. The third kappa shape index (κ3) is 3.73. The van der Waals surface area contributed by atoms with Crippen LogP contribution < -0.4 is 5.32 Å². The molecule has 1 heterocycles. The van der Waals surface area contributed by atoms with E-state index in [1.165, 1.54) is 13.0 Å². The Morgan fingerprint density at radius 2 is 1.96 bits per heavy atom. The standard InChI is InChI=1S/C13H15N2O9P/c1-6-11(14-13(20)21)12(19)15(6)25(22,23)24-5-10(18)7-2-3-8(16)9(17)4-7/h2-4,6,11,14,16-17H,5H2,1H3,(H,20,21)(H,22,23)/t6-,11-/m0/s1. The van der Waals surface area contributed by atoms with E-state index in [2.05, 4.69) is 4.52 Å². The number of benzene rings is 1. The molecule has 0 radical (unpaired) electrons. The van der Waals surface area contributed by atoms with Crippen LogP contribution in [0.25, 0.3) is 0 Å². The normalized spacial score (nSPS) is 22.0. The summed E-state index contributed by atoms with van der Waals surface area (Å²) in [5.41, 5.74) is -0.0799. The number of hydrogen-bond acceptors (Lipinski definition) is 7. The second-order valence-electron chi connectivity index (χ2n) is 5.24. The molecule has 0 aliphatic carbocycles. The van der Waals surface area contributed by atoms with Crippen LogP contribution in [0.1, 0.15) is 17.3 Å². The molecule has 1 fully saturated rings. The van der Waals surface area contributed by atoms with Crippen LogP contribution >= 0.6 is 7.75 Å². The van der Waals surface area contributed by atoms with Gasteiger partial charge in [0.25, 0.3) is 5.91 Å². The molecule has 1 aromatic rings. The fraction of sp³-hybridized carbons (Fsp3) is 0.308. The number of Topliss-reactive ketones (excluding diaryl/α,β-unsaturated/α-hetero) is 1. The van der Waals surface area contributed by atoms with Crippen LogP contribution in [-0.4, -0.2) is 61.4 Å². The molecule has 5 N–H and O–H groups in total. The van der Waals surface area contributed by atoms with E-state index in [1.807, 2.05) is 5.32 Å². The van der Waals surface area contributed by atoms with Gasteiger partial charge in [0.05, 0.1) is 6.04 Å². The number of nitrogens with zero attached hydrogens (tertiary/aromatic N) is 1. The molecule has 1 unspecified atom stereocenters. The van der Waals surface area contributed by atoms with Crippen LogP contribution in [0.5, 0.6) is 11.5 Å². The van der Waals surface area contributed by atoms with Gasteiger partial charge in [0.2, 0.25) is 0 Å². The number of aromatic hydroxyl groups is 2. The van der Waals surface area contributed by atoms with Crippen molar-refractivity contribution in [2.45, 2.75) is 19.0 Å². The molecular weight excluding hydrogens is 359 g/mol. The number of carboxylic acid groups (broad SMARTS) is 1. The van der Waals surface area contributed by atoms with Crippen molar-refractivity contribution in [3.63, 3.8) is 0 Å². The molecule has 1 aromatic carbocycles. The summed E-state index contributed by atoms with van der Waals surface area (Å²) in [7, 11) is -4.67. The molecule has 136 valence electrons. The van der Waals surface area contributed by atoms with Crippen LogP contribution in [0.4, 0.5) is 4.79 Å². The van der Waals surface area contributed by atoms with Crippen molar-refractivity contribution >= 4 is 25.5 Å². The molecule has 1 aliphatic heterocycles. The second-order valence-corrected chi connectivity index (χ2v) is 6.91. The fourth-order valence-corrected chi connectivity index (χ4v) is 3.64. The van der Waals surface area contributed by atoms with Crippen LogP contribution in [0.2, 0.25) is 0 Å². The van der Waals surface area contributed by atoms with E-state index in [4.69, 9.17) is 5.11 Å². The summed E-state index contributed by atoms with van der Waals surface area (Å²) in [5, 5.41) is 29.0. The first-order valence-corrected chi connectivity index (χ1v) is 8.43. The van der Waals surface area contributed by atoms with Crippen LogP contribution in [-0.2, 0) is 13.9 Å². The summed E-state index contributed by atoms with van der Waals surface area (Å²) in [6.45, 7) is 0.472. The minimum atomic E-state index is -4.67. The first kappa shape index (κ1) is 18.7. The lowest BCUT2D eigenvalue weighted by Crippen LogP contribution is -2.68. The van der Waals surface area contributed by atoms with Gasteiger partial charge in [0, 0.05) is 5.56 Å². The topological polar surface area (TPSA) is 174 Å². The Balaban J connectivity index is 2.01. The van der Waals surface area contributed by atoms with Crippen molar-refractivity contribution in [1.29, 1.82) is 0 Å². The van der Waals surface area contributed by atoms with Gasteiger partial charge in [-0.2, -0.15) is 0 Å². The molecule has 25 heavy (non-hydrogen) atoms. The Hall–Kier alpha value is -2.62. The Morgan fingerprint density at radius 3 is 2.48 bits per heavy atom. The third-order valence-electron chi connectivity index (χ3n) is 3.57. The average Bonchev–Trinajstić information content (AvgIpc) is 2.53. The van der Waals surface area contributed by atoms with Gasteiger partial charge >= 0.3 is 13.8 Å². The van der Waals surface area contributed by atoms with Gasteiger partial charge in [-0.15, -0.1) is 0 Å². The Morgan fingerprint density at radius 1 is 1.32 bits per heavy atom. The SMILES string of the molecule is C[C@H]1[C@H](NC(=O)O)C(=O)N1P(=O)(O)OCC(=O)c1ccc(O)c(O)c1. The zero-order chi connectivity index (χ0) is 18.9. The number of carbonyl (C=O) groups excluding carboxylic acids is 2. The Kier molecular flexibility index (Phi) is 5.02. The van der Waals surface area contributed by atoms with Gasteiger partial charge in [0.15, 0.2) is 17.3 Å². The highest BCUT2D eigenvalue weighted by Crippen LogP contribution is 2.52. The lowest BCUT2D eigenvalue weighted by Gasteiger charge is -2.45. The maximum atomic E-state index is 12.1. The highest BCUT2D eigenvalue weighted by atomic mass is 31.2. The third-order valence-corrected chi connectivity index (χ3v) is 5.14. The maximum Gasteiger partial charge on any atom is 0.435 e. The summed E-state index contributed by atoms with van der Waals surface area (Å²) in [4.78, 5) is 44.1. The largest absolute Gasteiger partial charge is 0.504 e. The molecule has 0 aromatic heterocycles. The monoisotopic (exact) mass is 374 g/mol. The zero-order valence-electron chi connectivity index (χ0n) is 12.8. The summed E-state index contributed by atoms with van der Waals surface area (Å²) in [6.07, 6.45) is -1.46. The molecule has 2 rings (SSSR count). The maximum absolute atomic E-state index is 12.1. The lowest BCUT2D eigenvalue weighted by molar-refractivity contribution is -0.142. The molecule has 2 amide bonds. The van der Waals surface area contributed by atoms with E-state index in [0.717, 1.165) is 12.1 Å². The molecule has 11 nitrogen and oxygen atoms in total. The smallest absolute Gasteiger partial charge is 0.435 e. The van der Waals surface area contributed by atoms with Crippen molar-refractivity contribution < 1.29 is 43.7 Å². The highest BCUT2D eigenvalue weighted by Gasteiger charge is 2.54. The van der Waals surface area contributed by atoms with Gasteiger partial charge in [-0.1, -0.05) is 0 Å². The molecule has 0 spiro atoms. The van der Waals surface area contributed by atoms with Crippen LogP contribution in [0, 0.1) is 0 Å². The molecule has 3 atom stereocenters. The molecule has 12 heteroatoms. The molecular formula is C13H15N2O9P. The second kappa shape index (κ2) is 6.71. The number of carbonyl (C=O) groups is 3. The number of ketones is 1. The van der Waals surface area contributed by atoms with E-state index in [1.54, 1.807) is 0 Å². The number of hydrogen-bond donors (Lipinski definition) is 5. The van der Waals surface area contributed by atoms with E-state index in [9.17, 15) is 34.1 Å². The van der Waals surface area contributed by atoms with E-state index in [-0.39, 0.29) is 5.56 Å². The predicted octanol–water partition coefficient (Wildman–Crippen LogP) is 0.264. The number of rotatable bonds is 6. The van der Waals surface area contributed by atoms with Gasteiger partial charge in [-0.3, -0.25) is 14.1 Å². The van der Waals surface area contributed by atoms with Gasteiger partial charge in [-0.25, -0.2) is 14.0 Å². The molecule has 1 aliphatic rings. The summed E-state index contributed by atoms with van der Waals surface area (Å²) < 4.78 is 17.3. The van der Waals surface area contributed by atoms with Crippen LogP contribution in [0.15, 0.2) is 18.2 Å². The summed E-state index contributed by atoms with van der Waals surface area (Å²) in [6, 6.07) is 1.07. The predicted molar refractivity (Wildman–Crippen MR) is 81.1 cm³/mol. The van der Waals surface area contributed by atoms with Crippen molar-refractivity contribution in [2.24, 2.45) is 0 Å². The Bertz CT molecular complexity index is 781.